The minimum atomic E-state index is -0.0349. The lowest BCUT2D eigenvalue weighted by atomic mass is 9.84. The van der Waals surface area contributed by atoms with Gasteiger partial charge in [0.2, 0.25) is 0 Å². The van der Waals surface area contributed by atoms with Gasteiger partial charge in [-0.25, -0.2) is 0 Å². The molecule has 0 fully saturated rings. The van der Waals surface area contributed by atoms with Crippen LogP contribution in [0.15, 0.2) is 237 Å². The van der Waals surface area contributed by atoms with Gasteiger partial charge in [0.25, 0.3) is 0 Å². The molecule has 64 heavy (non-hydrogen) atoms. The summed E-state index contributed by atoms with van der Waals surface area (Å²) in [7, 11) is 0. The van der Waals surface area contributed by atoms with Gasteiger partial charge >= 0.3 is 0 Å². The Morgan fingerprint density at radius 1 is 0.266 bits per heavy atom. The van der Waals surface area contributed by atoms with Crippen molar-refractivity contribution in [1.82, 2.24) is 9.97 Å². The molecule has 10 aromatic rings. The third-order valence-electron chi connectivity index (χ3n) is 12.2. The largest absolute Gasteiger partial charge is 0.264 e. The van der Waals surface area contributed by atoms with Crippen LogP contribution in [0.2, 0.25) is 0 Å². The lowest BCUT2D eigenvalue weighted by molar-refractivity contribution is 0.588. The van der Waals surface area contributed by atoms with E-state index in [-0.39, 0.29) is 5.41 Å². The smallest absolute Gasteiger partial charge is 0.0708 e. The number of pyridine rings is 2. The van der Waals surface area contributed by atoms with E-state index in [4.69, 9.17) is 9.97 Å². The van der Waals surface area contributed by atoms with E-state index in [0.717, 1.165) is 72.5 Å². The number of rotatable bonds is 9. The summed E-state index contributed by atoms with van der Waals surface area (Å²) in [6.07, 6.45) is 6.07. The number of benzene rings is 8. The van der Waals surface area contributed by atoms with Gasteiger partial charge in [-0.3, -0.25) is 9.97 Å². The zero-order chi connectivity index (χ0) is 43.5. The summed E-state index contributed by atoms with van der Waals surface area (Å²) in [5, 5.41) is 0. The fourth-order valence-corrected chi connectivity index (χ4v) is 8.80. The van der Waals surface area contributed by atoms with Crippen molar-refractivity contribution in [1.29, 1.82) is 0 Å². The van der Waals surface area contributed by atoms with Crippen LogP contribution in [0, 0.1) is 0 Å². The van der Waals surface area contributed by atoms with Gasteiger partial charge in [0, 0.05) is 35.3 Å². The average Bonchev–Trinajstić information content (AvgIpc) is 3.36. The van der Waals surface area contributed by atoms with Gasteiger partial charge in [-0.1, -0.05) is 209 Å². The molecule has 0 saturated heterocycles. The van der Waals surface area contributed by atoms with Gasteiger partial charge in [-0.05, 0) is 119 Å². The molecule has 0 atom stereocenters. The molecule has 0 bridgehead atoms. The molecule has 306 valence electrons. The van der Waals surface area contributed by atoms with Crippen LogP contribution >= 0.6 is 0 Å². The molecule has 0 aliphatic carbocycles. The Kier molecular flexibility index (Phi) is 10.9. The first-order valence-corrected chi connectivity index (χ1v) is 22.0. The average molecular weight is 821 g/mol. The van der Waals surface area contributed by atoms with Gasteiger partial charge in [-0.2, -0.15) is 0 Å². The van der Waals surface area contributed by atoms with Crippen LogP contribution in [-0.4, -0.2) is 9.97 Å². The molecule has 0 spiro atoms. The third-order valence-corrected chi connectivity index (χ3v) is 12.2. The summed E-state index contributed by atoms with van der Waals surface area (Å²) in [4.78, 5) is 9.91. The molecule has 0 aliphatic heterocycles. The Labute approximate surface area is 377 Å². The third kappa shape index (κ3) is 8.22. The molecule has 2 heteroatoms. The molecule has 0 aliphatic rings. The number of aromatic nitrogens is 2. The Balaban J connectivity index is 1.19. The zero-order valence-corrected chi connectivity index (χ0v) is 36.4. The van der Waals surface area contributed by atoms with E-state index in [1.807, 2.05) is 12.4 Å². The SMILES string of the molecule is CC(C)(C)c1cncc(-c2ccccc2-c2cc(-c3ccccc3-c3ccccc3)cc(-c3ccccc3-c3cnc(-c4ccccc4)cc3-c3ccc(-c4ccccc4)cc3)c2)c1. The first kappa shape index (κ1) is 40.2. The second kappa shape index (κ2) is 17.4. The van der Waals surface area contributed by atoms with Crippen LogP contribution in [0.4, 0.5) is 0 Å². The fraction of sp³-hybridized carbons (Fsp3) is 0.0645. The van der Waals surface area contributed by atoms with Crippen LogP contribution < -0.4 is 0 Å². The van der Waals surface area contributed by atoms with Crippen molar-refractivity contribution < 1.29 is 0 Å². The van der Waals surface area contributed by atoms with Gasteiger partial charge in [-0.15, -0.1) is 0 Å². The van der Waals surface area contributed by atoms with Crippen molar-refractivity contribution in [3.05, 3.63) is 243 Å². The van der Waals surface area contributed by atoms with Gasteiger partial charge < -0.3 is 0 Å². The van der Waals surface area contributed by atoms with Crippen molar-refractivity contribution in [3.63, 3.8) is 0 Å². The molecule has 2 heterocycles. The maximum absolute atomic E-state index is 5.15. The summed E-state index contributed by atoms with van der Waals surface area (Å²) in [5.74, 6) is 0. The maximum Gasteiger partial charge on any atom is 0.0708 e. The van der Waals surface area contributed by atoms with Crippen molar-refractivity contribution in [3.8, 4) is 100 Å². The highest BCUT2D eigenvalue weighted by atomic mass is 14.7. The predicted molar refractivity (Wildman–Crippen MR) is 270 cm³/mol. The monoisotopic (exact) mass is 820 g/mol. The normalized spacial score (nSPS) is 11.4. The highest BCUT2D eigenvalue weighted by Crippen LogP contribution is 2.44. The van der Waals surface area contributed by atoms with Crippen molar-refractivity contribution in [2.45, 2.75) is 26.2 Å². The van der Waals surface area contributed by atoms with Gasteiger partial charge in [0.1, 0.15) is 0 Å². The van der Waals surface area contributed by atoms with E-state index in [2.05, 4.69) is 245 Å². The van der Waals surface area contributed by atoms with Crippen molar-refractivity contribution in [2.75, 3.05) is 0 Å². The first-order chi connectivity index (χ1) is 31.4. The summed E-state index contributed by atoms with van der Waals surface area (Å²) >= 11 is 0. The van der Waals surface area contributed by atoms with Crippen LogP contribution in [0.1, 0.15) is 26.3 Å². The summed E-state index contributed by atoms with van der Waals surface area (Å²) < 4.78 is 0. The highest BCUT2D eigenvalue weighted by Gasteiger charge is 2.20. The minimum Gasteiger partial charge on any atom is -0.264 e. The second-order valence-corrected chi connectivity index (χ2v) is 17.4. The molecular formula is C62H48N2. The van der Waals surface area contributed by atoms with E-state index in [0.29, 0.717) is 0 Å². The minimum absolute atomic E-state index is 0.0349. The van der Waals surface area contributed by atoms with Crippen LogP contribution in [-0.2, 0) is 5.41 Å². The number of hydrogen-bond acceptors (Lipinski definition) is 2. The summed E-state index contributed by atoms with van der Waals surface area (Å²) in [6, 6.07) is 78.7. The Morgan fingerprint density at radius 3 is 1.19 bits per heavy atom. The molecule has 0 N–H and O–H groups in total. The Bertz CT molecular complexity index is 3220. The van der Waals surface area contributed by atoms with Crippen LogP contribution in [0.5, 0.6) is 0 Å². The molecule has 0 radical (unpaired) electrons. The summed E-state index contributed by atoms with van der Waals surface area (Å²) in [5.41, 5.74) is 21.5. The Hall–Kier alpha value is -7.94. The fourth-order valence-electron chi connectivity index (χ4n) is 8.80. The van der Waals surface area contributed by atoms with E-state index in [9.17, 15) is 0 Å². The second-order valence-electron chi connectivity index (χ2n) is 17.4. The molecular weight excluding hydrogens is 773 g/mol. The predicted octanol–water partition coefficient (Wildman–Crippen LogP) is 16.8. The number of hydrogen-bond donors (Lipinski definition) is 0. The Morgan fingerprint density at radius 2 is 0.656 bits per heavy atom. The first-order valence-electron chi connectivity index (χ1n) is 22.0. The molecule has 0 saturated carbocycles. The standard InChI is InChI=1S/C62H48N2/c1-62(2,3)52-38-51(40-63-41-52)57-29-16-15-27-55(57)49-35-48(54-26-14-13-25-53(54)45-21-9-5-10-22-45)36-50(37-49)56-28-17-18-30-58(56)60-42-64-61(47-23-11-6-12-24-47)39-59(60)46-33-31-44(32-34-46)43-19-7-4-8-20-43/h4-42H,1-3H3. The molecule has 8 aromatic carbocycles. The van der Waals surface area contributed by atoms with Crippen LogP contribution in [0.25, 0.3) is 100 Å². The number of nitrogens with zero attached hydrogens (tertiary/aromatic N) is 2. The molecule has 2 aromatic heterocycles. The van der Waals surface area contributed by atoms with E-state index < -0.39 is 0 Å². The molecule has 0 amide bonds. The van der Waals surface area contributed by atoms with Gasteiger partial charge in [0.05, 0.1) is 5.69 Å². The lowest BCUT2D eigenvalue weighted by Gasteiger charge is -2.21. The maximum atomic E-state index is 5.15. The van der Waals surface area contributed by atoms with E-state index >= 15 is 0 Å². The highest BCUT2D eigenvalue weighted by molar-refractivity contribution is 5.97. The van der Waals surface area contributed by atoms with E-state index in [1.165, 1.54) is 33.4 Å². The topological polar surface area (TPSA) is 25.8 Å². The molecule has 2 nitrogen and oxygen atoms in total. The lowest BCUT2D eigenvalue weighted by Crippen LogP contribution is -2.11. The van der Waals surface area contributed by atoms with Crippen molar-refractivity contribution in [2.24, 2.45) is 0 Å². The van der Waals surface area contributed by atoms with Crippen LogP contribution in [0.3, 0.4) is 0 Å². The molecule has 0 unspecified atom stereocenters. The zero-order valence-electron chi connectivity index (χ0n) is 36.4. The van der Waals surface area contributed by atoms with Crippen molar-refractivity contribution >= 4 is 0 Å². The molecule has 10 rings (SSSR count). The quantitative estimate of drug-likeness (QED) is 0.145. The van der Waals surface area contributed by atoms with Gasteiger partial charge in [0.15, 0.2) is 0 Å². The van der Waals surface area contributed by atoms with E-state index in [1.54, 1.807) is 0 Å². The summed E-state index contributed by atoms with van der Waals surface area (Å²) in [6.45, 7) is 6.73.